The molecule has 5 rings (SSSR count). The molecule has 0 spiro atoms. The van der Waals surface area contributed by atoms with E-state index in [9.17, 15) is 9.90 Å². The molecular weight excluding hydrogens is 392 g/mol. The van der Waals surface area contributed by atoms with Crippen LogP contribution in [0.3, 0.4) is 0 Å². The second-order valence-corrected chi connectivity index (χ2v) is 10.9. The number of fused-ring (bicyclic) bond motifs is 4. The molecule has 1 aromatic carbocycles. The first-order chi connectivity index (χ1) is 15.3. The Morgan fingerprint density at radius 2 is 1.91 bits per heavy atom. The third-order valence-corrected chi connectivity index (χ3v) is 9.25. The fourth-order valence-corrected chi connectivity index (χ4v) is 7.32. The molecule has 0 saturated heterocycles. The van der Waals surface area contributed by atoms with Crippen LogP contribution in [0.25, 0.3) is 6.08 Å². The highest BCUT2D eigenvalue weighted by atomic mass is 16.3. The van der Waals surface area contributed by atoms with Gasteiger partial charge in [-0.15, -0.1) is 6.58 Å². The summed E-state index contributed by atoms with van der Waals surface area (Å²) in [6, 6.07) is 9.03. The quantitative estimate of drug-likeness (QED) is 0.528. The molecule has 0 aromatic heterocycles. The summed E-state index contributed by atoms with van der Waals surface area (Å²) in [5, 5.41) is 11.4. The van der Waals surface area contributed by atoms with Crippen molar-refractivity contribution in [3.8, 4) is 0 Å². The summed E-state index contributed by atoms with van der Waals surface area (Å²) >= 11 is 0. The van der Waals surface area contributed by atoms with Crippen LogP contribution in [-0.4, -0.2) is 16.5 Å². The Bertz CT molecular complexity index is 1020. The number of benzene rings is 1. The monoisotopic (exact) mass is 428 g/mol. The number of aliphatic hydroxyl groups is 1. The number of carbonyl (C=O) groups is 1. The van der Waals surface area contributed by atoms with Gasteiger partial charge < -0.3 is 5.11 Å². The lowest BCUT2D eigenvalue weighted by molar-refractivity contribution is -0.114. The van der Waals surface area contributed by atoms with Crippen molar-refractivity contribution in [3.63, 3.8) is 0 Å². The van der Waals surface area contributed by atoms with Gasteiger partial charge in [0.1, 0.15) is 0 Å². The van der Waals surface area contributed by atoms with Crippen molar-refractivity contribution >= 4 is 11.9 Å². The molecular formula is C30H36O2. The van der Waals surface area contributed by atoms with E-state index in [1.54, 1.807) is 5.57 Å². The van der Waals surface area contributed by atoms with Crippen molar-refractivity contribution in [2.75, 3.05) is 0 Å². The second kappa shape index (κ2) is 7.99. The number of allylic oxidation sites excluding steroid dienone is 6. The van der Waals surface area contributed by atoms with E-state index < -0.39 is 5.60 Å². The zero-order chi connectivity index (χ0) is 22.5. The second-order valence-electron chi connectivity index (χ2n) is 10.9. The zero-order valence-electron chi connectivity index (χ0n) is 19.6. The van der Waals surface area contributed by atoms with Crippen LogP contribution in [0.4, 0.5) is 0 Å². The molecule has 32 heavy (non-hydrogen) atoms. The van der Waals surface area contributed by atoms with E-state index in [4.69, 9.17) is 0 Å². The molecule has 0 aliphatic heterocycles. The van der Waals surface area contributed by atoms with Gasteiger partial charge in [0.2, 0.25) is 0 Å². The summed E-state index contributed by atoms with van der Waals surface area (Å²) in [6.07, 6.45) is 15.7. The molecule has 5 unspecified atom stereocenters. The number of ketones is 1. The first-order valence-electron chi connectivity index (χ1n) is 12.4. The summed E-state index contributed by atoms with van der Waals surface area (Å²) in [5.74, 6) is 1.68. The maximum atomic E-state index is 12.1. The normalized spacial score (nSPS) is 36.5. The first-order valence-corrected chi connectivity index (χ1v) is 12.4. The summed E-state index contributed by atoms with van der Waals surface area (Å²) in [6.45, 7) is 8.21. The summed E-state index contributed by atoms with van der Waals surface area (Å²) in [5.41, 5.74) is 6.27. The summed E-state index contributed by atoms with van der Waals surface area (Å²) in [7, 11) is 0. The molecule has 0 bridgehead atoms. The van der Waals surface area contributed by atoms with E-state index in [2.05, 4.69) is 56.8 Å². The Labute approximate surface area is 192 Å². The Balaban J connectivity index is 1.60. The van der Waals surface area contributed by atoms with Crippen molar-refractivity contribution in [1.82, 2.24) is 0 Å². The lowest BCUT2D eigenvalue weighted by Gasteiger charge is -2.54. The first kappa shape index (κ1) is 21.6. The van der Waals surface area contributed by atoms with Crippen molar-refractivity contribution in [3.05, 3.63) is 76.9 Å². The molecule has 2 heteroatoms. The van der Waals surface area contributed by atoms with E-state index >= 15 is 0 Å². The molecule has 2 fully saturated rings. The van der Waals surface area contributed by atoms with Gasteiger partial charge in [0, 0.05) is 17.8 Å². The average Bonchev–Trinajstić information content (AvgIpc) is 3.02. The topological polar surface area (TPSA) is 37.3 Å². The van der Waals surface area contributed by atoms with Gasteiger partial charge in [-0.05, 0) is 92.1 Å². The molecule has 4 aliphatic rings. The molecule has 0 radical (unpaired) electrons. The van der Waals surface area contributed by atoms with Gasteiger partial charge in [0.25, 0.3) is 0 Å². The lowest BCUT2D eigenvalue weighted by Crippen LogP contribution is -2.50. The Morgan fingerprint density at radius 1 is 1.12 bits per heavy atom. The maximum absolute atomic E-state index is 12.1. The van der Waals surface area contributed by atoms with Gasteiger partial charge in [0.15, 0.2) is 5.78 Å². The molecule has 0 amide bonds. The maximum Gasteiger partial charge on any atom is 0.156 e. The lowest BCUT2D eigenvalue weighted by atomic mass is 9.51. The van der Waals surface area contributed by atoms with Gasteiger partial charge in [-0.3, -0.25) is 4.79 Å². The van der Waals surface area contributed by atoms with E-state index in [1.807, 2.05) is 12.2 Å². The van der Waals surface area contributed by atoms with E-state index in [1.165, 1.54) is 22.3 Å². The van der Waals surface area contributed by atoms with Crippen LogP contribution < -0.4 is 0 Å². The van der Waals surface area contributed by atoms with E-state index in [-0.39, 0.29) is 5.41 Å². The average molecular weight is 429 g/mol. The summed E-state index contributed by atoms with van der Waals surface area (Å²) < 4.78 is 0. The molecule has 4 aliphatic carbocycles. The molecule has 2 nitrogen and oxygen atoms in total. The van der Waals surface area contributed by atoms with Crippen LogP contribution in [0, 0.1) is 17.3 Å². The Kier molecular flexibility index (Phi) is 5.40. The minimum atomic E-state index is -0.613. The molecule has 168 valence electrons. The van der Waals surface area contributed by atoms with Crippen molar-refractivity contribution < 1.29 is 9.90 Å². The molecule has 2 saturated carbocycles. The van der Waals surface area contributed by atoms with Crippen LogP contribution in [0.5, 0.6) is 0 Å². The zero-order valence-corrected chi connectivity index (χ0v) is 19.6. The minimum Gasteiger partial charge on any atom is -0.390 e. The Hall–Kier alpha value is -2.19. The third-order valence-electron chi connectivity index (χ3n) is 9.25. The minimum absolute atomic E-state index is 0.0688. The molecule has 1 N–H and O–H groups in total. The van der Waals surface area contributed by atoms with Gasteiger partial charge in [-0.2, -0.15) is 0 Å². The summed E-state index contributed by atoms with van der Waals surface area (Å²) in [4.78, 5) is 12.1. The van der Waals surface area contributed by atoms with Gasteiger partial charge >= 0.3 is 0 Å². The van der Waals surface area contributed by atoms with Crippen molar-refractivity contribution in [2.24, 2.45) is 17.3 Å². The number of hydrogen-bond donors (Lipinski definition) is 1. The standard InChI is InChI=1S/C30H36O2/c1-4-5-6-7-20-8-10-21(11-9-20)26-19-29(2)27(16-17-30(29,3)32)25-14-12-22-18-23(31)13-15-24(22)28(25)26/h4,6-11,18,25-27,32H,1,5,12-17,19H2,2-3H3/b7-6+. The van der Waals surface area contributed by atoms with Gasteiger partial charge in [-0.25, -0.2) is 0 Å². The molecule has 1 aromatic rings. The van der Waals surface area contributed by atoms with Crippen molar-refractivity contribution in [2.45, 2.75) is 76.7 Å². The van der Waals surface area contributed by atoms with Crippen LogP contribution in [0.1, 0.15) is 82.3 Å². The Morgan fingerprint density at radius 3 is 2.66 bits per heavy atom. The van der Waals surface area contributed by atoms with E-state index in [0.717, 1.165) is 44.9 Å². The highest BCUT2D eigenvalue weighted by molar-refractivity contribution is 5.93. The predicted molar refractivity (Wildman–Crippen MR) is 131 cm³/mol. The third kappa shape index (κ3) is 3.39. The number of hydrogen-bond acceptors (Lipinski definition) is 2. The van der Waals surface area contributed by atoms with E-state index in [0.29, 0.717) is 30.0 Å². The van der Waals surface area contributed by atoms with Crippen LogP contribution >= 0.6 is 0 Å². The molecule has 5 atom stereocenters. The predicted octanol–water partition coefficient (Wildman–Crippen LogP) is 6.93. The van der Waals surface area contributed by atoms with Crippen LogP contribution in [0.15, 0.2) is 65.8 Å². The smallest absolute Gasteiger partial charge is 0.156 e. The molecule has 0 heterocycles. The number of carbonyl (C=O) groups excluding carboxylic acids is 1. The number of rotatable bonds is 4. The highest BCUT2D eigenvalue weighted by Gasteiger charge is 2.60. The van der Waals surface area contributed by atoms with Gasteiger partial charge in [-0.1, -0.05) is 55.0 Å². The van der Waals surface area contributed by atoms with Crippen LogP contribution in [0.2, 0.25) is 0 Å². The fraction of sp³-hybridized carbons (Fsp3) is 0.500. The van der Waals surface area contributed by atoms with Crippen LogP contribution in [-0.2, 0) is 4.79 Å². The van der Waals surface area contributed by atoms with Gasteiger partial charge in [0.05, 0.1) is 5.60 Å². The SMILES string of the molecule is C=CC/C=C/c1ccc(C2CC3(C)C(CCC3(C)O)C3CCC4=CC(=O)CCC4=C23)cc1. The fourth-order valence-electron chi connectivity index (χ4n) is 7.32. The van der Waals surface area contributed by atoms with Crippen molar-refractivity contribution in [1.29, 1.82) is 0 Å². The largest absolute Gasteiger partial charge is 0.390 e. The highest BCUT2D eigenvalue weighted by Crippen LogP contribution is 2.66.